The molecule has 0 aliphatic rings. The zero-order valence-corrected chi connectivity index (χ0v) is 12.3. The Kier molecular flexibility index (Phi) is 4.90. The number of anilines is 1. The summed E-state index contributed by atoms with van der Waals surface area (Å²) in [5, 5.41) is 13.4. The van der Waals surface area contributed by atoms with Crippen molar-refractivity contribution in [2.45, 2.75) is 12.8 Å². The Morgan fingerprint density at radius 1 is 1.24 bits per heavy atom. The lowest BCUT2D eigenvalue weighted by Gasteiger charge is -2.10. The van der Waals surface area contributed by atoms with Crippen LogP contribution in [0.4, 0.5) is 5.69 Å². The van der Waals surface area contributed by atoms with Crippen LogP contribution in [-0.4, -0.2) is 17.0 Å². The first-order valence-electron chi connectivity index (χ1n) is 6.41. The summed E-state index contributed by atoms with van der Waals surface area (Å²) in [7, 11) is 0. The van der Waals surface area contributed by atoms with E-state index in [0.717, 1.165) is 16.5 Å². The Morgan fingerprint density at radius 2 is 1.95 bits per heavy atom. The fourth-order valence-corrected chi connectivity index (χ4v) is 2.55. The van der Waals surface area contributed by atoms with E-state index in [0.29, 0.717) is 5.69 Å². The number of aliphatic carboxylic acids is 1. The minimum Gasteiger partial charge on any atom is -0.478 e. The van der Waals surface area contributed by atoms with Gasteiger partial charge in [-0.3, -0.25) is 4.79 Å². The van der Waals surface area contributed by atoms with Gasteiger partial charge in [-0.25, -0.2) is 4.79 Å². The number of thiophene rings is 1. The first-order valence-corrected chi connectivity index (χ1v) is 7.29. The third kappa shape index (κ3) is 4.29. The molecule has 1 aromatic carbocycles. The van der Waals surface area contributed by atoms with Crippen molar-refractivity contribution < 1.29 is 14.7 Å². The van der Waals surface area contributed by atoms with Gasteiger partial charge in [0, 0.05) is 16.6 Å². The number of amides is 1. The standard InChI is InChI=1S/C16H15NO3S/c1-11(14-3-2-10-21-14)16(20)17-13-7-4-12(5-8-13)6-9-15(18)19/h2-11H,1H3,(H,17,20)(H,18,19)/b9-6+. The van der Waals surface area contributed by atoms with Gasteiger partial charge in [-0.15, -0.1) is 11.3 Å². The van der Waals surface area contributed by atoms with E-state index in [1.165, 1.54) is 6.08 Å². The summed E-state index contributed by atoms with van der Waals surface area (Å²) in [5.74, 6) is -1.25. The normalized spacial score (nSPS) is 12.2. The number of hydrogen-bond acceptors (Lipinski definition) is 3. The molecular formula is C16H15NO3S. The second-order valence-corrected chi connectivity index (χ2v) is 5.50. The topological polar surface area (TPSA) is 66.4 Å². The van der Waals surface area contributed by atoms with Crippen molar-refractivity contribution in [3.05, 3.63) is 58.3 Å². The van der Waals surface area contributed by atoms with E-state index >= 15 is 0 Å². The third-order valence-corrected chi connectivity index (χ3v) is 4.01. The molecule has 0 aliphatic carbocycles. The Hall–Kier alpha value is -2.40. The molecule has 21 heavy (non-hydrogen) atoms. The van der Waals surface area contributed by atoms with Crippen LogP contribution in [0, 0.1) is 0 Å². The van der Waals surface area contributed by atoms with Gasteiger partial charge in [-0.05, 0) is 42.1 Å². The summed E-state index contributed by atoms with van der Waals surface area (Å²) in [6.07, 6.45) is 2.58. The van der Waals surface area contributed by atoms with Gasteiger partial charge in [-0.1, -0.05) is 18.2 Å². The summed E-state index contributed by atoms with van der Waals surface area (Å²) in [4.78, 5) is 23.6. The number of carbonyl (C=O) groups is 2. The predicted molar refractivity (Wildman–Crippen MR) is 84.5 cm³/mol. The van der Waals surface area contributed by atoms with Gasteiger partial charge < -0.3 is 10.4 Å². The highest BCUT2D eigenvalue weighted by Crippen LogP contribution is 2.22. The molecule has 0 saturated heterocycles. The van der Waals surface area contributed by atoms with Crippen LogP contribution in [-0.2, 0) is 9.59 Å². The Morgan fingerprint density at radius 3 is 2.52 bits per heavy atom. The number of carbonyl (C=O) groups excluding carboxylic acids is 1. The number of hydrogen-bond donors (Lipinski definition) is 2. The van der Waals surface area contributed by atoms with Crippen LogP contribution in [0.25, 0.3) is 6.08 Å². The van der Waals surface area contributed by atoms with E-state index in [2.05, 4.69) is 5.32 Å². The van der Waals surface area contributed by atoms with E-state index in [1.807, 2.05) is 24.4 Å². The Bertz CT molecular complexity index is 645. The van der Waals surface area contributed by atoms with Crippen molar-refractivity contribution in [3.63, 3.8) is 0 Å². The van der Waals surface area contributed by atoms with E-state index in [1.54, 1.807) is 35.6 Å². The molecule has 1 aromatic heterocycles. The molecule has 0 radical (unpaired) electrons. The Labute approximate surface area is 126 Å². The van der Waals surface area contributed by atoms with Gasteiger partial charge in [-0.2, -0.15) is 0 Å². The minimum absolute atomic E-state index is 0.0636. The highest BCUT2D eigenvalue weighted by atomic mass is 32.1. The predicted octanol–water partition coefficient (Wildman–Crippen LogP) is 3.59. The highest BCUT2D eigenvalue weighted by Gasteiger charge is 2.15. The third-order valence-electron chi connectivity index (χ3n) is 2.96. The number of carboxylic acids is 1. The molecule has 0 spiro atoms. The number of benzene rings is 1. The number of rotatable bonds is 5. The molecule has 4 nitrogen and oxygen atoms in total. The maximum absolute atomic E-state index is 12.1. The van der Waals surface area contributed by atoms with Crippen LogP contribution in [0.1, 0.15) is 23.3 Å². The molecule has 1 amide bonds. The molecule has 108 valence electrons. The fraction of sp³-hybridized carbons (Fsp3) is 0.125. The lowest BCUT2D eigenvalue weighted by molar-refractivity contribution is -0.131. The van der Waals surface area contributed by atoms with Crippen molar-refractivity contribution in [2.75, 3.05) is 5.32 Å². The van der Waals surface area contributed by atoms with Crippen LogP contribution in [0.2, 0.25) is 0 Å². The lowest BCUT2D eigenvalue weighted by Crippen LogP contribution is -2.17. The number of nitrogens with one attached hydrogen (secondary N) is 1. The summed E-state index contributed by atoms with van der Waals surface area (Å²) >= 11 is 1.56. The van der Waals surface area contributed by atoms with Gasteiger partial charge in [0.25, 0.3) is 0 Å². The molecule has 1 heterocycles. The smallest absolute Gasteiger partial charge is 0.328 e. The van der Waals surface area contributed by atoms with Crippen molar-refractivity contribution in [3.8, 4) is 0 Å². The average molecular weight is 301 g/mol. The molecule has 1 atom stereocenters. The molecule has 1 unspecified atom stereocenters. The van der Waals surface area contributed by atoms with E-state index < -0.39 is 5.97 Å². The second kappa shape index (κ2) is 6.85. The van der Waals surface area contributed by atoms with Crippen LogP contribution < -0.4 is 5.32 Å². The Balaban J connectivity index is 2.00. The fourth-order valence-electron chi connectivity index (χ4n) is 1.76. The largest absolute Gasteiger partial charge is 0.478 e. The first kappa shape index (κ1) is 15.0. The highest BCUT2D eigenvalue weighted by molar-refractivity contribution is 7.10. The van der Waals surface area contributed by atoms with E-state index in [-0.39, 0.29) is 11.8 Å². The van der Waals surface area contributed by atoms with Crippen molar-refractivity contribution >= 4 is 35.0 Å². The van der Waals surface area contributed by atoms with Crippen LogP contribution in [0.3, 0.4) is 0 Å². The molecule has 0 bridgehead atoms. The quantitative estimate of drug-likeness (QED) is 0.829. The summed E-state index contributed by atoms with van der Waals surface area (Å²) < 4.78 is 0. The van der Waals surface area contributed by atoms with E-state index in [9.17, 15) is 9.59 Å². The monoisotopic (exact) mass is 301 g/mol. The van der Waals surface area contributed by atoms with E-state index in [4.69, 9.17) is 5.11 Å². The van der Waals surface area contributed by atoms with Gasteiger partial charge in [0.2, 0.25) is 5.91 Å². The lowest BCUT2D eigenvalue weighted by atomic mass is 10.1. The molecule has 0 fully saturated rings. The van der Waals surface area contributed by atoms with Crippen LogP contribution in [0.15, 0.2) is 47.9 Å². The van der Waals surface area contributed by atoms with Crippen LogP contribution in [0.5, 0.6) is 0 Å². The SMILES string of the molecule is CC(C(=O)Nc1ccc(/C=C/C(=O)O)cc1)c1cccs1. The first-order chi connectivity index (χ1) is 10.1. The maximum Gasteiger partial charge on any atom is 0.328 e. The zero-order valence-electron chi connectivity index (χ0n) is 11.4. The molecule has 0 saturated carbocycles. The van der Waals surface area contributed by atoms with Gasteiger partial charge in [0.1, 0.15) is 0 Å². The summed E-state index contributed by atoms with van der Waals surface area (Å²) in [5.41, 5.74) is 1.46. The van der Waals surface area contributed by atoms with Crippen molar-refractivity contribution in [2.24, 2.45) is 0 Å². The molecule has 0 aliphatic heterocycles. The minimum atomic E-state index is -0.989. The molecule has 2 aromatic rings. The molecule has 2 rings (SSSR count). The average Bonchev–Trinajstić information content (AvgIpc) is 2.99. The maximum atomic E-state index is 12.1. The second-order valence-electron chi connectivity index (χ2n) is 4.52. The van der Waals surface area contributed by atoms with Gasteiger partial charge in [0.05, 0.1) is 5.92 Å². The van der Waals surface area contributed by atoms with Crippen molar-refractivity contribution in [1.82, 2.24) is 0 Å². The van der Waals surface area contributed by atoms with Crippen molar-refractivity contribution in [1.29, 1.82) is 0 Å². The van der Waals surface area contributed by atoms with Gasteiger partial charge in [0.15, 0.2) is 0 Å². The van der Waals surface area contributed by atoms with Crippen LogP contribution >= 0.6 is 11.3 Å². The zero-order chi connectivity index (χ0) is 15.2. The number of carboxylic acid groups (broad SMARTS) is 1. The molecular weight excluding hydrogens is 286 g/mol. The summed E-state index contributed by atoms with van der Waals surface area (Å²) in [6, 6.07) is 10.9. The molecule has 5 heteroatoms. The molecule has 2 N–H and O–H groups in total. The summed E-state index contributed by atoms with van der Waals surface area (Å²) in [6.45, 7) is 1.87. The van der Waals surface area contributed by atoms with Gasteiger partial charge >= 0.3 is 5.97 Å².